The lowest BCUT2D eigenvalue weighted by atomic mass is 10.0. The lowest BCUT2D eigenvalue weighted by molar-refractivity contribution is 0.0104. The van der Waals surface area contributed by atoms with Crippen LogP contribution in [0.2, 0.25) is 0 Å². The summed E-state index contributed by atoms with van der Waals surface area (Å²) in [5.74, 6) is 0.757. The molecule has 0 radical (unpaired) electrons. The van der Waals surface area contributed by atoms with Gasteiger partial charge in [0.1, 0.15) is 5.60 Å². The van der Waals surface area contributed by atoms with E-state index in [1.165, 1.54) is 5.69 Å². The van der Waals surface area contributed by atoms with Crippen LogP contribution in [-0.4, -0.2) is 65.1 Å². The maximum atomic E-state index is 12.5. The highest BCUT2D eigenvalue weighted by Crippen LogP contribution is 2.20. The summed E-state index contributed by atoms with van der Waals surface area (Å²) < 4.78 is 7.61. The highest BCUT2D eigenvalue weighted by Gasteiger charge is 2.30. The van der Waals surface area contributed by atoms with Crippen molar-refractivity contribution < 1.29 is 9.53 Å². The molecule has 1 unspecified atom stereocenters. The van der Waals surface area contributed by atoms with Crippen molar-refractivity contribution in [2.24, 2.45) is 4.99 Å². The fourth-order valence-electron chi connectivity index (χ4n) is 3.55. The molecule has 0 saturated carbocycles. The average Bonchev–Trinajstić information content (AvgIpc) is 2.97. The van der Waals surface area contributed by atoms with Crippen molar-refractivity contribution in [3.63, 3.8) is 0 Å². The molecule has 8 heteroatoms. The number of nitrogens with zero attached hydrogens (tertiary/aromatic N) is 4. The summed E-state index contributed by atoms with van der Waals surface area (Å²) in [6.07, 6.45) is 3.85. The van der Waals surface area contributed by atoms with Crippen LogP contribution in [0.1, 0.15) is 57.8 Å². The minimum absolute atomic E-state index is 0.117. The number of aryl methyl sites for hydroxylation is 3. The summed E-state index contributed by atoms with van der Waals surface area (Å²) >= 11 is 0. The third kappa shape index (κ3) is 7.59. The smallest absolute Gasteiger partial charge is 0.410 e. The van der Waals surface area contributed by atoms with Gasteiger partial charge in [-0.3, -0.25) is 9.67 Å². The predicted octanol–water partition coefficient (Wildman–Crippen LogP) is 2.84. The van der Waals surface area contributed by atoms with Gasteiger partial charge in [-0.2, -0.15) is 5.10 Å². The number of rotatable bonds is 6. The molecule has 2 rings (SSSR count). The fourth-order valence-corrected chi connectivity index (χ4v) is 3.55. The minimum Gasteiger partial charge on any atom is -0.444 e. The van der Waals surface area contributed by atoms with E-state index >= 15 is 0 Å². The summed E-state index contributed by atoms with van der Waals surface area (Å²) in [7, 11) is 1.77. The zero-order valence-corrected chi connectivity index (χ0v) is 18.9. The number of amides is 1. The Balaban J connectivity index is 1.77. The van der Waals surface area contributed by atoms with E-state index in [9.17, 15) is 4.79 Å². The number of aromatic nitrogens is 2. The number of guanidine groups is 1. The van der Waals surface area contributed by atoms with Crippen LogP contribution < -0.4 is 10.6 Å². The lowest BCUT2D eigenvalue weighted by Gasteiger charge is -2.37. The average molecular weight is 407 g/mol. The number of hydrogen-bond donors (Lipinski definition) is 2. The summed E-state index contributed by atoms with van der Waals surface area (Å²) in [6, 6.07) is 2.21. The Morgan fingerprint density at radius 1 is 1.31 bits per heavy atom. The first-order chi connectivity index (χ1) is 13.7. The molecule has 1 aliphatic rings. The number of piperidine rings is 1. The van der Waals surface area contributed by atoms with Crippen molar-refractivity contribution in [2.45, 2.75) is 78.5 Å². The molecule has 0 aromatic carbocycles. The zero-order chi connectivity index (χ0) is 21.4. The molecule has 0 aliphatic carbocycles. The first kappa shape index (κ1) is 23.0. The van der Waals surface area contributed by atoms with Crippen LogP contribution >= 0.6 is 0 Å². The molecular weight excluding hydrogens is 368 g/mol. The molecule has 1 atom stereocenters. The van der Waals surface area contributed by atoms with Crippen molar-refractivity contribution >= 4 is 12.1 Å². The van der Waals surface area contributed by atoms with Gasteiger partial charge in [-0.15, -0.1) is 0 Å². The molecule has 29 heavy (non-hydrogen) atoms. The van der Waals surface area contributed by atoms with Crippen molar-refractivity contribution in [1.82, 2.24) is 25.3 Å². The van der Waals surface area contributed by atoms with Gasteiger partial charge in [0.15, 0.2) is 5.96 Å². The van der Waals surface area contributed by atoms with Crippen LogP contribution in [-0.2, 0) is 11.3 Å². The van der Waals surface area contributed by atoms with E-state index < -0.39 is 5.60 Å². The Morgan fingerprint density at radius 3 is 2.69 bits per heavy atom. The summed E-state index contributed by atoms with van der Waals surface area (Å²) in [5, 5.41) is 11.2. The molecule has 8 nitrogen and oxygen atoms in total. The molecule has 1 aromatic rings. The molecule has 1 amide bonds. The van der Waals surface area contributed by atoms with Crippen LogP contribution in [0.25, 0.3) is 0 Å². The van der Waals surface area contributed by atoms with Gasteiger partial charge in [0, 0.05) is 38.9 Å². The Morgan fingerprint density at radius 2 is 2.07 bits per heavy atom. The topological polar surface area (TPSA) is 83.8 Å². The van der Waals surface area contributed by atoms with E-state index in [2.05, 4.69) is 33.7 Å². The third-order valence-corrected chi connectivity index (χ3v) is 4.93. The largest absolute Gasteiger partial charge is 0.444 e. The minimum atomic E-state index is -0.477. The van der Waals surface area contributed by atoms with Crippen LogP contribution in [0.5, 0.6) is 0 Å². The quantitative estimate of drug-likeness (QED) is 0.431. The van der Waals surface area contributed by atoms with Gasteiger partial charge in [0.2, 0.25) is 0 Å². The standard InChI is InChI=1S/C21H38N6O2/c1-16-14-17(2)27(25-16)13-9-11-23-19(22-6)24-15-18-10-7-8-12-26(18)20(28)29-21(3,4)5/h14,18H,7-13,15H2,1-6H3,(H2,22,23,24). The van der Waals surface area contributed by atoms with Gasteiger partial charge < -0.3 is 20.3 Å². The monoisotopic (exact) mass is 406 g/mol. The van der Waals surface area contributed by atoms with E-state index in [1.54, 1.807) is 7.05 Å². The number of aliphatic imine (C=N–C) groups is 1. The number of carbonyl (C=O) groups excluding carboxylic acids is 1. The number of nitrogens with one attached hydrogen (secondary N) is 2. The van der Waals surface area contributed by atoms with Gasteiger partial charge >= 0.3 is 6.09 Å². The Kier molecular flexibility index (Phi) is 8.34. The van der Waals surface area contributed by atoms with Crippen molar-refractivity contribution in [3.8, 4) is 0 Å². The molecule has 1 fully saturated rings. The second-order valence-electron chi connectivity index (χ2n) is 8.71. The predicted molar refractivity (Wildman–Crippen MR) is 116 cm³/mol. The lowest BCUT2D eigenvalue weighted by Crippen LogP contribution is -2.52. The van der Waals surface area contributed by atoms with Gasteiger partial charge in [0.05, 0.1) is 11.7 Å². The van der Waals surface area contributed by atoms with E-state index in [1.807, 2.05) is 37.3 Å². The van der Waals surface area contributed by atoms with E-state index in [0.29, 0.717) is 6.54 Å². The van der Waals surface area contributed by atoms with E-state index in [4.69, 9.17) is 4.74 Å². The van der Waals surface area contributed by atoms with E-state index in [-0.39, 0.29) is 12.1 Å². The molecule has 164 valence electrons. The molecule has 2 N–H and O–H groups in total. The van der Waals surface area contributed by atoms with Gasteiger partial charge in [-0.05, 0) is 66.4 Å². The molecule has 0 bridgehead atoms. The van der Waals surface area contributed by atoms with Crippen LogP contribution in [0.4, 0.5) is 4.79 Å². The number of carbonyl (C=O) groups is 1. The van der Waals surface area contributed by atoms with E-state index in [0.717, 1.165) is 57.0 Å². The van der Waals surface area contributed by atoms with Crippen molar-refractivity contribution in [2.75, 3.05) is 26.7 Å². The summed E-state index contributed by atoms with van der Waals surface area (Å²) in [6.45, 7) is 12.9. The molecule has 1 saturated heterocycles. The number of hydrogen-bond acceptors (Lipinski definition) is 4. The second-order valence-corrected chi connectivity index (χ2v) is 8.71. The van der Waals surface area contributed by atoms with Gasteiger partial charge in [-0.25, -0.2) is 4.79 Å². The molecule has 2 heterocycles. The van der Waals surface area contributed by atoms with Crippen LogP contribution in [0.3, 0.4) is 0 Å². The Labute approximate surface area is 175 Å². The van der Waals surface area contributed by atoms with Crippen LogP contribution in [0.15, 0.2) is 11.1 Å². The Bertz CT molecular complexity index is 692. The summed E-state index contributed by atoms with van der Waals surface area (Å²) in [5.41, 5.74) is 1.76. The highest BCUT2D eigenvalue weighted by atomic mass is 16.6. The molecule has 1 aromatic heterocycles. The Hall–Kier alpha value is -2.25. The van der Waals surface area contributed by atoms with Gasteiger partial charge in [0.25, 0.3) is 0 Å². The second kappa shape index (κ2) is 10.5. The SMILES string of the molecule is CN=C(NCCCn1nc(C)cc1C)NCC1CCCCN1C(=O)OC(C)(C)C. The first-order valence-electron chi connectivity index (χ1n) is 10.6. The number of likely N-dealkylation sites (tertiary alicyclic amines) is 1. The van der Waals surface area contributed by atoms with Crippen molar-refractivity contribution in [1.29, 1.82) is 0 Å². The molecule has 1 aliphatic heterocycles. The number of ether oxygens (including phenoxy) is 1. The first-order valence-corrected chi connectivity index (χ1v) is 10.6. The van der Waals surface area contributed by atoms with Crippen LogP contribution in [0, 0.1) is 13.8 Å². The highest BCUT2D eigenvalue weighted by molar-refractivity contribution is 5.79. The maximum absolute atomic E-state index is 12.5. The summed E-state index contributed by atoms with van der Waals surface area (Å²) in [4.78, 5) is 18.7. The van der Waals surface area contributed by atoms with Gasteiger partial charge in [-0.1, -0.05) is 0 Å². The molecular formula is C21H38N6O2. The zero-order valence-electron chi connectivity index (χ0n) is 18.9. The van der Waals surface area contributed by atoms with Crippen molar-refractivity contribution in [3.05, 3.63) is 17.5 Å². The molecule has 0 spiro atoms. The third-order valence-electron chi connectivity index (χ3n) is 4.93. The fraction of sp³-hybridized carbons (Fsp3) is 0.762. The maximum Gasteiger partial charge on any atom is 0.410 e. The normalized spacial score (nSPS) is 17.9.